The van der Waals surface area contributed by atoms with Crippen LogP contribution in [0.1, 0.15) is 24.1 Å². The van der Waals surface area contributed by atoms with Gasteiger partial charge in [0, 0.05) is 16.8 Å². The number of hydrogen-bond acceptors (Lipinski definition) is 1. The van der Waals surface area contributed by atoms with Crippen LogP contribution in [0.3, 0.4) is 0 Å². The molecule has 1 N–H and O–H groups in total. The first-order valence-electron chi connectivity index (χ1n) is 6.16. The summed E-state index contributed by atoms with van der Waals surface area (Å²) in [6, 6.07) is 8.38. The largest absolute Gasteiger partial charge is 0.416 e. The molecular formula is C15H12ClF4N. The fourth-order valence-corrected chi connectivity index (χ4v) is 2.32. The Bertz CT molecular complexity index is 620. The van der Waals surface area contributed by atoms with Gasteiger partial charge in [0.25, 0.3) is 0 Å². The second kappa shape index (κ2) is 5.93. The number of halogens is 5. The van der Waals surface area contributed by atoms with Crippen molar-refractivity contribution < 1.29 is 17.6 Å². The van der Waals surface area contributed by atoms with Gasteiger partial charge in [-0.3, -0.25) is 0 Å². The number of hydrogen-bond donors (Lipinski definition) is 1. The minimum absolute atomic E-state index is 0.0883. The third-order valence-corrected chi connectivity index (χ3v) is 3.20. The van der Waals surface area contributed by atoms with Gasteiger partial charge in [0.15, 0.2) is 0 Å². The highest BCUT2D eigenvalue weighted by molar-refractivity contribution is 6.30. The van der Waals surface area contributed by atoms with Crippen molar-refractivity contribution in [2.24, 2.45) is 0 Å². The van der Waals surface area contributed by atoms with E-state index >= 15 is 0 Å². The van der Waals surface area contributed by atoms with Crippen molar-refractivity contribution in [1.82, 2.24) is 0 Å². The molecule has 2 aromatic carbocycles. The Morgan fingerprint density at radius 1 is 1.10 bits per heavy atom. The average molecular weight is 318 g/mol. The van der Waals surface area contributed by atoms with E-state index in [2.05, 4.69) is 5.32 Å². The molecule has 0 aromatic heterocycles. The molecule has 21 heavy (non-hydrogen) atoms. The fourth-order valence-electron chi connectivity index (χ4n) is 2.10. The lowest BCUT2D eigenvalue weighted by Gasteiger charge is -2.20. The number of nitrogens with one attached hydrogen (secondary N) is 1. The van der Waals surface area contributed by atoms with Crippen LogP contribution in [0.15, 0.2) is 42.5 Å². The molecule has 0 radical (unpaired) electrons. The van der Waals surface area contributed by atoms with E-state index < -0.39 is 23.6 Å². The Balaban J connectivity index is 2.31. The summed E-state index contributed by atoms with van der Waals surface area (Å²) >= 11 is 5.72. The Hall–Kier alpha value is -1.75. The maximum absolute atomic E-state index is 13.2. The zero-order valence-electron chi connectivity index (χ0n) is 11.0. The standard InChI is InChI=1S/C15H12ClF4N/c1-9(21-12-7-10(16)6-11(17)8-12)13-4-2-3-5-14(13)15(18,19)20/h2-9,21H,1H3. The van der Waals surface area contributed by atoms with E-state index in [4.69, 9.17) is 11.6 Å². The Morgan fingerprint density at radius 3 is 2.38 bits per heavy atom. The van der Waals surface area contributed by atoms with E-state index in [1.165, 1.54) is 30.3 Å². The molecule has 1 atom stereocenters. The van der Waals surface area contributed by atoms with E-state index in [0.29, 0.717) is 5.69 Å². The SMILES string of the molecule is CC(Nc1cc(F)cc(Cl)c1)c1ccccc1C(F)(F)F. The summed E-state index contributed by atoms with van der Waals surface area (Å²) in [5, 5.41) is 3.00. The van der Waals surface area contributed by atoms with Crippen molar-refractivity contribution in [3.8, 4) is 0 Å². The van der Waals surface area contributed by atoms with E-state index in [0.717, 1.165) is 12.1 Å². The number of benzene rings is 2. The van der Waals surface area contributed by atoms with Crippen LogP contribution in [0.4, 0.5) is 23.2 Å². The molecule has 0 fully saturated rings. The highest BCUT2D eigenvalue weighted by Gasteiger charge is 2.34. The first-order chi connectivity index (χ1) is 9.77. The summed E-state index contributed by atoms with van der Waals surface area (Å²) in [6.45, 7) is 1.57. The van der Waals surface area contributed by atoms with Crippen LogP contribution in [0.5, 0.6) is 0 Å². The number of rotatable bonds is 3. The molecule has 6 heteroatoms. The van der Waals surface area contributed by atoms with Crippen molar-refractivity contribution in [3.05, 3.63) is 64.4 Å². The molecule has 0 aliphatic heterocycles. The molecule has 0 saturated carbocycles. The molecule has 0 aliphatic rings. The van der Waals surface area contributed by atoms with Gasteiger partial charge in [-0.1, -0.05) is 29.8 Å². The van der Waals surface area contributed by atoms with Gasteiger partial charge in [-0.15, -0.1) is 0 Å². The molecule has 2 rings (SSSR count). The van der Waals surface area contributed by atoms with Gasteiger partial charge in [0.05, 0.1) is 5.56 Å². The molecule has 0 spiro atoms. The number of anilines is 1. The molecule has 0 bridgehead atoms. The molecule has 1 nitrogen and oxygen atoms in total. The molecule has 0 aliphatic carbocycles. The highest BCUT2D eigenvalue weighted by Crippen LogP contribution is 2.35. The monoisotopic (exact) mass is 317 g/mol. The van der Waals surface area contributed by atoms with Gasteiger partial charge < -0.3 is 5.32 Å². The summed E-state index contributed by atoms with van der Waals surface area (Å²) in [4.78, 5) is 0. The first kappa shape index (κ1) is 15.6. The zero-order chi connectivity index (χ0) is 15.6. The van der Waals surface area contributed by atoms with Crippen LogP contribution in [0.25, 0.3) is 0 Å². The van der Waals surface area contributed by atoms with Crippen molar-refractivity contribution in [2.75, 3.05) is 5.32 Å². The molecule has 112 valence electrons. The summed E-state index contributed by atoms with van der Waals surface area (Å²) in [5.74, 6) is -0.554. The fraction of sp³-hybridized carbons (Fsp3) is 0.200. The molecule has 0 heterocycles. The molecule has 1 unspecified atom stereocenters. The molecular weight excluding hydrogens is 306 g/mol. The second-order valence-electron chi connectivity index (χ2n) is 4.61. The van der Waals surface area contributed by atoms with Crippen LogP contribution >= 0.6 is 11.6 Å². The van der Waals surface area contributed by atoms with Crippen LogP contribution in [-0.4, -0.2) is 0 Å². The Labute approximate surface area is 124 Å². The van der Waals surface area contributed by atoms with Gasteiger partial charge in [0.2, 0.25) is 0 Å². The summed E-state index contributed by atoms with van der Waals surface area (Å²) in [7, 11) is 0. The maximum Gasteiger partial charge on any atom is 0.416 e. The topological polar surface area (TPSA) is 12.0 Å². The maximum atomic E-state index is 13.2. The van der Waals surface area contributed by atoms with Crippen molar-refractivity contribution in [2.45, 2.75) is 19.1 Å². The van der Waals surface area contributed by atoms with E-state index in [9.17, 15) is 17.6 Å². The van der Waals surface area contributed by atoms with Crippen molar-refractivity contribution in [1.29, 1.82) is 0 Å². The average Bonchev–Trinajstić information content (AvgIpc) is 2.36. The van der Waals surface area contributed by atoms with Crippen LogP contribution in [0.2, 0.25) is 5.02 Å². The third-order valence-electron chi connectivity index (χ3n) is 2.98. The predicted octanol–water partition coefficient (Wildman–Crippen LogP) is 5.67. The van der Waals surface area contributed by atoms with Gasteiger partial charge in [0.1, 0.15) is 5.82 Å². The normalized spacial score (nSPS) is 13.0. The molecule has 2 aromatic rings. The van der Waals surface area contributed by atoms with E-state index in [1.54, 1.807) is 6.92 Å². The highest BCUT2D eigenvalue weighted by atomic mass is 35.5. The smallest absolute Gasteiger partial charge is 0.378 e. The predicted molar refractivity (Wildman–Crippen MR) is 74.9 cm³/mol. The van der Waals surface area contributed by atoms with Gasteiger partial charge in [-0.05, 0) is 36.8 Å². The number of alkyl halides is 3. The Kier molecular flexibility index (Phi) is 4.42. The van der Waals surface area contributed by atoms with E-state index in [1.807, 2.05) is 0 Å². The van der Waals surface area contributed by atoms with Crippen LogP contribution < -0.4 is 5.32 Å². The lowest BCUT2D eigenvalue weighted by atomic mass is 10.0. The molecule has 0 saturated heterocycles. The quantitative estimate of drug-likeness (QED) is 0.719. The lowest BCUT2D eigenvalue weighted by molar-refractivity contribution is -0.138. The molecule has 0 amide bonds. The van der Waals surface area contributed by atoms with Crippen LogP contribution in [0, 0.1) is 5.82 Å². The lowest BCUT2D eigenvalue weighted by Crippen LogP contribution is -2.15. The van der Waals surface area contributed by atoms with Crippen molar-refractivity contribution in [3.63, 3.8) is 0 Å². The first-order valence-corrected chi connectivity index (χ1v) is 6.54. The third kappa shape index (κ3) is 3.88. The summed E-state index contributed by atoms with van der Waals surface area (Å²) in [5.41, 5.74) is -0.303. The van der Waals surface area contributed by atoms with E-state index in [-0.39, 0.29) is 10.6 Å². The van der Waals surface area contributed by atoms with Gasteiger partial charge in [-0.2, -0.15) is 13.2 Å². The summed E-state index contributed by atoms with van der Waals surface area (Å²) in [6.07, 6.45) is -4.44. The minimum atomic E-state index is -4.44. The minimum Gasteiger partial charge on any atom is -0.378 e. The Morgan fingerprint density at radius 2 is 1.76 bits per heavy atom. The van der Waals surface area contributed by atoms with Crippen LogP contribution in [-0.2, 0) is 6.18 Å². The second-order valence-corrected chi connectivity index (χ2v) is 5.05. The van der Waals surface area contributed by atoms with Crippen molar-refractivity contribution >= 4 is 17.3 Å². The van der Waals surface area contributed by atoms with Gasteiger partial charge >= 0.3 is 6.18 Å². The summed E-state index contributed by atoms with van der Waals surface area (Å²) < 4.78 is 52.1. The van der Waals surface area contributed by atoms with Gasteiger partial charge in [-0.25, -0.2) is 4.39 Å². The zero-order valence-corrected chi connectivity index (χ0v) is 11.8.